The first-order valence-electron chi connectivity index (χ1n) is 6.61. The molecule has 0 aliphatic heterocycles. The van der Waals surface area contributed by atoms with Crippen molar-refractivity contribution in [3.05, 3.63) is 70.5 Å². The van der Waals surface area contributed by atoms with Gasteiger partial charge < -0.3 is 0 Å². The molecule has 118 valence electrons. The van der Waals surface area contributed by atoms with Crippen molar-refractivity contribution in [1.82, 2.24) is 4.72 Å². The van der Waals surface area contributed by atoms with E-state index in [0.717, 1.165) is 0 Å². The van der Waals surface area contributed by atoms with Gasteiger partial charge in [-0.15, -0.1) is 0 Å². The molecule has 0 radical (unpaired) electrons. The second kappa shape index (κ2) is 6.58. The summed E-state index contributed by atoms with van der Waals surface area (Å²) in [5.41, 5.74) is 0.916. The largest absolute Gasteiger partial charge is 0.268 e. The second-order valence-corrected chi connectivity index (χ2v) is 6.70. The van der Waals surface area contributed by atoms with Crippen LogP contribution in [0, 0.1) is 24.1 Å². The molecule has 5 nitrogen and oxygen atoms in total. The normalized spacial score (nSPS) is 10.8. The van der Waals surface area contributed by atoms with Gasteiger partial charge in [-0.2, -0.15) is 5.26 Å². The zero-order valence-electron chi connectivity index (χ0n) is 12.2. The third kappa shape index (κ3) is 4.37. The molecule has 0 bridgehead atoms. The summed E-state index contributed by atoms with van der Waals surface area (Å²) in [6.07, 6.45) is 0. The number of nitrogens with one attached hydrogen (secondary N) is 1. The Morgan fingerprint density at radius 1 is 1.26 bits per heavy atom. The molecule has 2 aromatic carbocycles. The predicted octanol–water partition coefficient (Wildman–Crippen LogP) is 2.27. The maximum absolute atomic E-state index is 13.7. The van der Waals surface area contributed by atoms with E-state index in [0.29, 0.717) is 5.56 Å². The van der Waals surface area contributed by atoms with Crippen LogP contribution in [0.2, 0.25) is 0 Å². The average Bonchev–Trinajstić information content (AvgIpc) is 2.49. The van der Waals surface area contributed by atoms with Crippen LogP contribution in [-0.2, 0) is 15.8 Å². The summed E-state index contributed by atoms with van der Waals surface area (Å²) >= 11 is 0. The van der Waals surface area contributed by atoms with Gasteiger partial charge in [0.05, 0.1) is 17.4 Å². The van der Waals surface area contributed by atoms with Crippen molar-refractivity contribution < 1.29 is 17.6 Å². The molecule has 0 heterocycles. The molecule has 0 saturated carbocycles. The maximum Gasteiger partial charge on any atom is 0.264 e. The number of nitrogens with zero attached hydrogens (tertiary/aromatic N) is 1. The van der Waals surface area contributed by atoms with Crippen LogP contribution >= 0.6 is 0 Å². The highest BCUT2D eigenvalue weighted by atomic mass is 32.2. The highest BCUT2D eigenvalue weighted by Gasteiger charge is 2.19. The molecular weight excluding hydrogens is 319 g/mol. The number of benzene rings is 2. The minimum atomic E-state index is -4.06. The number of hydrogen-bond acceptors (Lipinski definition) is 4. The zero-order chi connectivity index (χ0) is 17.0. The summed E-state index contributed by atoms with van der Waals surface area (Å²) in [5.74, 6) is -2.16. The Hall–Kier alpha value is -2.72. The Labute approximate surface area is 133 Å². The van der Waals surface area contributed by atoms with Crippen LogP contribution in [-0.4, -0.2) is 14.3 Å². The predicted molar refractivity (Wildman–Crippen MR) is 82.4 cm³/mol. The summed E-state index contributed by atoms with van der Waals surface area (Å²) in [4.78, 5) is 12.0. The fourth-order valence-corrected chi connectivity index (χ4v) is 3.06. The first kappa shape index (κ1) is 16.6. The van der Waals surface area contributed by atoms with Crippen molar-refractivity contribution in [2.24, 2.45) is 0 Å². The van der Waals surface area contributed by atoms with Crippen LogP contribution in [0.5, 0.6) is 0 Å². The standard InChI is InChI=1S/C16H13FN2O3S/c1-11-5-6-14(15(17)7-11)10-23(21,22)19-16(20)13-4-2-3-12(8-13)9-18/h2-8H,10H2,1H3,(H,19,20). The number of nitriles is 1. The molecule has 7 heteroatoms. The Balaban J connectivity index is 2.17. The molecule has 0 saturated heterocycles. The summed E-state index contributed by atoms with van der Waals surface area (Å²) in [5, 5.41) is 8.78. The van der Waals surface area contributed by atoms with Gasteiger partial charge in [-0.1, -0.05) is 18.2 Å². The minimum Gasteiger partial charge on any atom is -0.268 e. The van der Waals surface area contributed by atoms with Gasteiger partial charge in [-0.25, -0.2) is 17.5 Å². The first-order valence-corrected chi connectivity index (χ1v) is 8.26. The third-order valence-electron chi connectivity index (χ3n) is 3.06. The lowest BCUT2D eigenvalue weighted by Crippen LogP contribution is -2.31. The fraction of sp³-hybridized carbons (Fsp3) is 0.125. The van der Waals surface area contributed by atoms with Crippen molar-refractivity contribution in [3.8, 4) is 6.07 Å². The maximum atomic E-state index is 13.7. The van der Waals surface area contributed by atoms with Crippen LogP contribution < -0.4 is 4.72 Å². The van der Waals surface area contributed by atoms with E-state index >= 15 is 0 Å². The Kier molecular flexibility index (Phi) is 4.77. The summed E-state index contributed by atoms with van der Waals surface area (Å²) in [7, 11) is -4.06. The number of halogens is 1. The van der Waals surface area contributed by atoms with Crippen LogP contribution in [0.25, 0.3) is 0 Å². The summed E-state index contributed by atoms with van der Waals surface area (Å²) in [6.45, 7) is 1.69. The van der Waals surface area contributed by atoms with Crippen LogP contribution in [0.1, 0.15) is 27.0 Å². The van der Waals surface area contributed by atoms with Gasteiger partial charge in [-0.3, -0.25) is 4.79 Å². The molecule has 0 fully saturated rings. The lowest BCUT2D eigenvalue weighted by molar-refractivity contribution is 0.0981. The number of carbonyl (C=O) groups is 1. The molecule has 1 amide bonds. The fourth-order valence-electron chi connectivity index (χ4n) is 1.94. The molecule has 2 aromatic rings. The molecule has 0 spiro atoms. The average molecular weight is 332 g/mol. The molecular formula is C16H13FN2O3S. The molecule has 0 atom stereocenters. The second-order valence-electron chi connectivity index (χ2n) is 4.98. The smallest absolute Gasteiger partial charge is 0.264 e. The lowest BCUT2D eigenvalue weighted by Gasteiger charge is -2.08. The molecule has 0 unspecified atom stereocenters. The summed E-state index contributed by atoms with van der Waals surface area (Å²) in [6, 6.07) is 11.7. The molecule has 0 aliphatic rings. The van der Waals surface area contributed by atoms with E-state index in [1.807, 2.05) is 10.8 Å². The minimum absolute atomic E-state index is 0.0262. The zero-order valence-corrected chi connectivity index (χ0v) is 13.0. The van der Waals surface area contributed by atoms with Crippen LogP contribution in [0.15, 0.2) is 42.5 Å². The van der Waals surface area contributed by atoms with Gasteiger partial charge in [0, 0.05) is 11.1 Å². The number of aryl methyl sites for hydroxylation is 1. The van der Waals surface area contributed by atoms with Crippen molar-refractivity contribution in [1.29, 1.82) is 5.26 Å². The molecule has 0 aromatic heterocycles. The molecule has 0 aliphatic carbocycles. The Bertz CT molecular complexity index is 902. The Morgan fingerprint density at radius 2 is 2.00 bits per heavy atom. The van der Waals surface area contributed by atoms with Crippen molar-refractivity contribution >= 4 is 15.9 Å². The van der Waals surface area contributed by atoms with E-state index < -0.39 is 27.5 Å². The van der Waals surface area contributed by atoms with E-state index in [1.54, 1.807) is 13.0 Å². The number of carbonyl (C=O) groups excluding carboxylic acids is 1. The number of sulfonamides is 1. The van der Waals surface area contributed by atoms with Crippen molar-refractivity contribution in [2.75, 3.05) is 0 Å². The summed E-state index contributed by atoms with van der Waals surface area (Å²) < 4.78 is 39.6. The SMILES string of the molecule is Cc1ccc(CS(=O)(=O)NC(=O)c2cccc(C#N)c2)c(F)c1. The van der Waals surface area contributed by atoms with Gasteiger partial charge in [0.2, 0.25) is 10.0 Å². The first-order chi connectivity index (χ1) is 10.8. The van der Waals surface area contributed by atoms with E-state index in [-0.39, 0.29) is 16.7 Å². The van der Waals surface area contributed by atoms with Crippen LogP contribution in [0.3, 0.4) is 0 Å². The Morgan fingerprint density at radius 3 is 2.65 bits per heavy atom. The van der Waals surface area contributed by atoms with Crippen molar-refractivity contribution in [2.45, 2.75) is 12.7 Å². The molecule has 1 N–H and O–H groups in total. The van der Waals surface area contributed by atoms with E-state index in [1.165, 1.54) is 36.4 Å². The highest BCUT2D eigenvalue weighted by molar-refractivity contribution is 7.89. The van der Waals surface area contributed by atoms with Crippen LogP contribution in [0.4, 0.5) is 4.39 Å². The van der Waals surface area contributed by atoms with Crippen molar-refractivity contribution in [3.63, 3.8) is 0 Å². The quantitative estimate of drug-likeness (QED) is 0.930. The highest BCUT2D eigenvalue weighted by Crippen LogP contribution is 2.13. The number of hydrogen-bond donors (Lipinski definition) is 1. The van der Waals surface area contributed by atoms with Gasteiger partial charge in [0.25, 0.3) is 5.91 Å². The topological polar surface area (TPSA) is 87.0 Å². The van der Waals surface area contributed by atoms with Gasteiger partial charge in [0.1, 0.15) is 5.82 Å². The molecule has 2 rings (SSSR count). The lowest BCUT2D eigenvalue weighted by atomic mass is 10.1. The van der Waals surface area contributed by atoms with E-state index in [4.69, 9.17) is 5.26 Å². The van der Waals surface area contributed by atoms with Gasteiger partial charge in [-0.05, 0) is 36.8 Å². The number of rotatable bonds is 4. The van der Waals surface area contributed by atoms with E-state index in [9.17, 15) is 17.6 Å². The van der Waals surface area contributed by atoms with Gasteiger partial charge in [0.15, 0.2) is 0 Å². The molecule has 23 heavy (non-hydrogen) atoms. The third-order valence-corrected chi connectivity index (χ3v) is 4.24. The number of amides is 1. The van der Waals surface area contributed by atoms with Gasteiger partial charge >= 0.3 is 0 Å². The van der Waals surface area contributed by atoms with E-state index in [2.05, 4.69) is 0 Å². The monoisotopic (exact) mass is 332 g/mol.